The minimum Gasteiger partial charge on any atom is -0.478 e. The van der Waals surface area contributed by atoms with Crippen LogP contribution in [0.25, 0.3) is 0 Å². The number of carbonyl (C=O) groups is 2. The standard InChI is InChI=1S/C13H17NO2S.C2HF3O2/c15-13(16)11-4-1-3-10(7-11)8-14-12-5-2-6-17-9-12;3-2(4,5)1(6)7/h1,3-4,7,12,14H,2,5-6,8-9H2,(H,15,16);(H,6,7). The van der Waals surface area contributed by atoms with E-state index in [1.54, 1.807) is 18.2 Å². The highest BCUT2D eigenvalue weighted by Crippen LogP contribution is 2.17. The first kappa shape index (κ1) is 20.3. The number of aromatic carboxylic acids is 1. The Bertz CT molecular complexity index is 560. The molecule has 1 unspecified atom stereocenters. The van der Waals surface area contributed by atoms with Crippen molar-refractivity contribution < 1.29 is 33.0 Å². The van der Waals surface area contributed by atoms with Crippen LogP contribution in [-0.2, 0) is 11.3 Å². The molecule has 1 heterocycles. The molecule has 1 atom stereocenters. The monoisotopic (exact) mass is 365 g/mol. The Kier molecular flexibility index (Phi) is 8.06. The van der Waals surface area contributed by atoms with Crippen LogP contribution in [0.2, 0.25) is 0 Å². The van der Waals surface area contributed by atoms with Gasteiger partial charge in [-0.2, -0.15) is 24.9 Å². The second-order valence-electron chi connectivity index (χ2n) is 5.10. The molecule has 0 amide bonds. The average Bonchev–Trinajstić information content (AvgIpc) is 2.54. The molecule has 1 aromatic carbocycles. The lowest BCUT2D eigenvalue weighted by Crippen LogP contribution is -2.33. The van der Waals surface area contributed by atoms with Crippen molar-refractivity contribution in [2.24, 2.45) is 0 Å². The first-order chi connectivity index (χ1) is 11.2. The SMILES string of the molecule is O=C(O)C(F)(F)F.O=C(O)c1cccc(CNC2CCCSC2)c1. The molecule has 0 spiro atoms. The van der Waals surface area contributed by atoms with Crippen LogP contribution in [0.3, 0.4) is 0 Å². The zero-order chi connectivity index (χ0) is 18.2. The Labute approximate surface area is 141 Å². The molecule has 0 bridgehead atoms. The van der Waals surface area contributed by atoms with Gasteiger partial charge in [-0.15, -0.1) is 0 Å². The highest BCUT2D eigenvalue weighted by Gasteiger charge is 2.38. The van der Waals surface area contributed by atoms with Crippen LogP contribution in [0.4, 0.5) is 13.2 Å². The molecule has 1 aromatic rings. The maximum absolute atomic E-state index is 10.8. The number of benzene rings is 1. The molecule has 1 saturated heterocycles. The zero-order valence-corrected chi connectivity index (χ0v) is 13.5. The van der Waals surface area contributed by atoms with E-state index in [1.165, 1.54) is 24.3 Å². The number of alkyl halides is 3. The van der Waals surface area contributed by atoms with Gasteiger partial charge in [-0.05, 0) is 36.3 Å². The van der Waals surface area contributed by atoms with Crippen molar-refractivity contribution in [1.29, 1.82) is 0 Å². The van der Waals surface area contributed by atoms with Crippen molar-refractivity contribution >= 4 is 23.7 Å². The number of rotatable bonds is 4. The van der Waals surface area contributed by atoms with Gasteiger partial charge in [0.05, 0.1) is 5.56 Å². The largest absolute Gasteiger partial charge is 0.490 e. The number of hydrogen-bond donors (Lipinski definition) is 3. The van der Waals surface area contributed by atoms with E-state index in [4.69, 9.17) is 15.0 Å². The molecule has 1 fully saturated rings. The number of hydrogen-bond acceptors (Lipinski definition) is 4. The number of carboxylic acids is 2. The molecule has 0 saturated carbocycles. The summed E-state index contributed by atoms with van der Waals surface area (Å²) in [5, 5.41) is 19.5. The van der Waals surface area contributed by atoms with Gasteiger partial charge < -0.3 is 15.5 Å². The summed E-state index contributed by atoms with van der Waals surface area (Å²) in [4.78, 5) is 19.7. The molecule has 0 radical (unpaired) electrons. The maximum Gasteiger partial charge on any atom is 0.490 e. The summed E-state index contributed by atoms with van der Waals surface area (Å²) >= 11 is 1.99. The summed E-state index contributed by atoms with van der Waals surface area (Å²) in [6.45, 7) is 0.756. The smallest absolute Gasteiger partial charge is 0.478 e. The van der Waals surface area contributed by atoms with E-state index in [0.717, 1.165) is 12.1 Å². The highest BCUT2D eigenvalue weighted by molar-refractivity contribution is 7.99. The number of nitrogens with one attached hydrogen (secondary N) is 1. The minimum atomic E-state index is -5.08. The van der Waals surface area contributed by atoms with E-state index in [-0.39, 0.29) is 0 Å². The van der Waals surface area contributed by atoms with Crippen LogP contribution < -0.4 is 5.32 Å². The highest BCUT2D eigenvalue weighted by atomic mass is 32.2. The van der Waals surface area contributed by atoms with E-state index in [1.807, 2.05) is 17.8 Å². The Morgan fingerprint density at radius 2 is 1.96 bits per heavy atom. The summed E-state index contributed by atoms with van der Waals surface area (Å²) in [6, 6.07) is 7.71. The lowest BCUT2D eigenvalue weighted by molar-refractivity contribution is -0.192. The molecule has 24 heavy (non-hydrogen) atoms. The number of thioether (sulfide) groups is 1. The van der Waals surface area contributed by atoms with Crippen molar-refractivity contribution in [2.45, 2.75) is 31.6 Å². The molecule has 0 aliphatic carbocycles. The Morgan fingerprint density at radius 3 is 2.46 bits per heavy atom. The van der Waals surface area contributed by atoms with Gasteiger partial charge in [0.1, 0.15) is 0 Å². The van der Waals surface area contributed by atoms with Crippen molar-refractivity contribution in [3.05, 3.63) is 35.4 Å². The molecule has 1 aliphatic heterocycles. The normalized spacial score (nSPS) is 17.5. The molecule has 134 valence electrons. The van der Waals surface area contributed by atoms with Gasteiger partial charge in [0.15, 0.2) is 0 Å². The molecule has 5 nitrogen and oxygen atoms in total. The van der Waals surface area contributed by atoms with Gasteiger partial charge in [-0.3, -0.25) is 0 Å². The number of aliphatic carboxylic acids is 1. The van der Waals surface area contributed by atoms with Gasteiger partial charge >= 0.3 is 18.1 Å². The molecule has 3 N–H and O–H groups in total. The predicted molar refractivity (Wildman–Crippen MR) is 84.3 cm³/mol. The first-order valence-electron chi connectivity index (χ1n) is 7.13. The minimum absolute atomic E-state index is 0.363. The van der Waals surface area contributed by atoms with E-state index in [9.17, 15) is 18.0 Å². The van der Waals surface area contributed by atoms with Crippen LogP contribution >= 0.6 is 11.8 Å². The van der Waals surface area contributed by atoms with Crippen LogP contribution in [0, 0.1) is 0 Å². The molecule has 1 aliphatic rings. The summed E-state index contributed by atoms with van der Waals surface area (Å²) in [6.07, 6.45) is -2.58. The zero-order valence-electron chi connectivity index (χ0n) is 12.7. The van der Waals surface area contributed by atoms with E-state index in [2.05, 4.69) is 5.32 Å². The quantitative estimate of drug-likeness (QED) is 0.760. The van der Waals surface area contributed by atoms with Crippen LogP contribution in [0.15, 0.2) is 24.3 Å². The lowest BCUT2D eigenvalue weighted by atomic mass is 10.1. The topological polar surface area (TPSA) is 86.6 Å². The van der Waals surface area contributed by atoms with E-state index in [0.29, 0.717) is 11.6 Å². The molecular weight excluding hydrogens is 347 g/mol. The Balaban J connectivity index is 0.000000351. The third kappa shape index (κ3) is 7.69. The van der Waals surface area contributed by atoms with Crippen molar-refractivity contribution in [3.8, 4) is 0 Å². The predicted octanol–water partition coefficient (Wildman–Crippen LogP) is 3.00. The molecule has 9 heteroatoms. The van der Waals surface area contributed by atoms with Gasteiger partial charge in [-0.1, -0.05) is 12.1 Å². The summed E-state index contributed by atoms with van der Waals surface area (Å²) in [7, 11) is 0. The second kappa shape index (κ2) is 9.53. The molecule has 0 aromatic heterocycles. The van der Waals surface area contributed by atoms with Gasteiger partial charge in [-0.25, -0.2) is 9.59 Å². The lowest BCUT2D eigenvalue weighted by Gasteiger charge is -2.22. The number of carboxylic acid groups (broad SMARTS) is 2. The van der Waals surface area contributed by atoms with Crippen LogP contribution in [0.5, 0.6) is 0 Å². The van der Waals surface area contributed by atoms with Crippen LogP contribution in [-0.4, -0.2) is 45.9 Å². The Morgan fingerprint density at radius 1 is 1.29 bits per heavy atom. The first-order valence-corrected chi connectivity index (χ1v) is 8.29. The van der Waals surface area contributed by atoms with Gasteiger partial charge in [0.25, 0.3) is 0 Å². The summed E-state index contributed by atoms with van der Waals surface area (Å²) in [5.41, 5.74) is 1.41. The maximum atomic E-state index is 10.8. The van der Waals surface area contributed by atoms with Gasteiger partial charge in [0.2, 0.25) is 0 Å². The molecule has 2 rings (SSSR count). The fraction of sp³-hybridized carbons (Fsp3) is 0.467. The third-order valence-electron chi connectivity index (χ3n) is 3.17. The third-order valence-corrected chi connectivity index (χ3v) is 4.39. The van der Waals surface area contributed by atoms with Crippen molar-refractivity contribution in [3.63, 3.8) is 0 Å². The fourth-order valence-corrected chi connectivity index (χ4v) is 3.08. The van der Waals surface area contributed by atoms with Crippen molar-refractivity contribution in [1.82, 2.24) is 5.32 Å². The average molecular weight is 365 g/mol. The van der Waals surface area contributed by atoms with Crippen molar-refractivity contribution in [2.75, 3.05) is 11.5 Å². The van der Waals surface area contributed by atoms with E-state index < -0.39 is 18.1 Å². The Hall–Kier alpha value is -1.74. The summed E-state index contributed by atoms with van der Waals surface area (Å²) in [5.74, 6) is -1.18. The van der Waals surface area contributed by atoms with Gasteiger partial charge in [0, 0.05) is 18.3 Å². The number of halogens is 3. The molecular formula is C15H18F3NO4S. The van der Waals surface area contributed by atoms with Crippen LogP contribution in [0.1, 0.15) is 28.8 Å². The fourth-order valence-electron chi connectivity index (χ4n) is 1.98. The van der Waals surface area contributed by atoms with E-state index >= 15 is 0 Å². The summed E-state index contributed by atoms with van der Waals surface area (Å²) < 4.78 is 31.7. The second-order valence-corrected chi connectivity index (χ2v) is 6.25.